The molecule has 0 aliphatic carbocycles. The van der Waals surface area contributed by atoms with Crippen LogP contribution in [0.4, 0.5) is 0 Å². The number of hydrogen-bond donors (Lipinski definition) is 2. The largest absolute Gasteiger partial charge is 0.392 e. The van der Waals surface area contributed by atoms with Gasteiger partial charge in [0.15, 0.2) is 0 Å². The van der Waals surface area contributed by atoms with Gasteiger partial charge in [-0.25, -0.2) is 0 Å². The maximum atomic E-state index is 8.55. The molecule has 0 heterocycles. The van der Waals surface area contributed by atoms with E-state index in [-0.39, 0.29) is 13.2 Å². The molecule has 1 unspecified atom stereocenters. The predicted octanol–water partition coefficient (Wildman–Crippen LogP) is 2.06. The van der Waals surface area contributed by atoms with Crippen molar-refractivity contribution < 1.29 is 10.2 Å². The van der Waals surface area contributed by atoms with E-state index in [1.54, 1.807) is 12.2 Å². The Kier molecular flexibility index (Phi) is 9.59. The molecule has 0 saturated carbocycles. The fourth-order valence-electron chi connectivity index (χ4n) is 1.18. The van der Waals surface area contributed by atoms with E-state index in [1.807, 2.05) is 18.2 Å². The number of allylic oxidation sites excluding steroid dienone is 3. The van der Waals surface area contributed by atoms with Crippen molar-refractivity contribution in [3.63, 3.8) is 0 Å². The average molecular weight is 196 g/mol. The number of hydrogen-bond acceptors (Lipinski definition) is 2. The summed E-state index contributed by atoms with van der Waals surface area (Å²) in [4.78, 5) is 0. The topological polar surface area (TPSA) is 40.5 Å². The van der Waals surface area contributed by atoms with Crippen molar-refractivity contribution in [1.29, 1.82) is 0 Å². The lowest BCUT2D eigenvalue weighted by atomic mass is 9.99. The van der Waals surface area contributed by atoms with Gasteiger partial charge in [0.1, 0.15) is 0 Å². The Hall–Kier alpha value is -0.860. The van der Waals surface area contributed by atoms with Crippen LogP contribution in [0.15, 0.2) is 37.0 Å². The van der Waals surface area contributed by atoms with Gasteiger partial charge in [-0.15, -0.1) is 6.58 Å². The highest BCUT2D eigenvalue weighted by atomic mass is 16.3. The third-order valence-electron chi connectivity index (χ3n) is 2.02. The van der Waals surface area contributed by atoms with Gasteiger partial charge in [0.05, 0.1) is 13.2 Å². The van der Waals surface area contributed by atoms with Gasteiger partial charge in [0.2, 0.25) is 0 Å². The molecule has 0 rings (SSSR count). The Morgan fingerprint density at radius 1 is 1.00 bits per heavy atom. The van der Waals surface area contributed by atoms with Crippen LogP contribution in [0.1, 0.15) is 19.3 Å². The quantitative estimate of drug-likeness (QED) is 0.583. The van der Waals surface area contributed by atoms with Gasteiger partial charge in [0, 0.05) is 0 Å². The van der Waals surface area contributed by atoms with Gasteiger partial charge >= 0.3 is 0 Å². The van der Waals surface area contributed by atoms with Crippen LogP contribution in [0.5, 0.6) is 0 Å². The van der Waals surface area contributed by atoms with Crippen molar-refractivity contribution >= 4 is 0 Å². The molecule has 0 aliphatic heterocycles. The second-order valence-corrected chi connectivity index (χ2v) is 3.12. The predicted molar refractivity (Wildman–Crippen MR) is 60.0 cm³/mol. The van der Waals surface area contributed by atoms with Crippen LogP contribution in [-0.2, 0) is 0 Å². The molecule has 0 spiro atoms. The van der Waals surface area contributed by atoms with Gasteiger partial charge in [0.25, 0.3) is 0 Å². The minimum Gasteiger partial charge on any atom is -0.392 e. The minimum absolute atomic E-state index is 0.105. The molecular weight excluding hydrogens is 176 g/mol. The van der Waals surface area contributed by atoms with Gasteiger partial charge in [-0.3, -0.25) is 0 Å². The van der Waals surface area contributed by atoms with E-state index >= 15 is 0 Å². The standard InChI is InChI=1S/C12H20O2/c1-2-12(9-5-7-11-14)8-4-3-6-10-13/h2-3,5-7,12-14H,1,4,8-11H2/b6-3+,7-5+. The zero-order chi connectivity index (χ0) is 10.6. The lowest BCUT2D eigenvalue weighted by Crippen LogP contribution is -1.93. The van der Waals surface area contributed by atoms with E-state index in [0.29, 0.717) is 5.92 Å². The van der Waals surface area contributed by atoms with Crippen LogP contribution in [0.2, 0.25) is 0 Å². The first kappa shape index (κ1) is 13.1. The molecule has 0 aromatic rings. The molecule has 2 N–H and O–H groups in total. The minimum atomic E-state index is 0.105. The highest BCUT2D eigenvalue weighted by Crippen LogP contribution is 2.13. The maximum Gasteiger partial charge on any atom is 0.0612 e. The summed E-state index contributed by atoms with van der Waals surface area (Å²) in [5, 5.41) is 17.1. The summed E-state index contributed by atoms with van der Waals surface area (Å²) in [5.41, 5.74) is 0. The van der Waals surface area contributed by atoms with E-state index in [9.17, 15) is 0 Å². The Morgan fingerprint density at radius 3 is 2.21 bits per heavy atom. The Labute approximate surface area is 86.3 Å². The van der Waals surface area contributed by atoms with Gasteiger partial charge in [-0.2, -0.15) is 0 Å². The summed E-state index contributed by atoms with van der Waals surface area (Å²) in [6.45, 7) is 3.99. The lowest BCUT2D eigenvalue weighted by molar-refractivity contribution is 0.341. The van der Waals surface area contributed by atoms with Crippen LogP contribution >= 0.6 is 0 Å². The van der Waals surface area contributed by atoms with Crippen LogP contribution in [0.3, 0.4) is 0 Å². The van der Waals surface area contributed by atoms with Gasteiger partial charge in [-0.1, -0.05) is 30.4 Å². The van der Waals surface area contributed by atoms with E-state index in [0.717, 1.165) is 19.3 Å². The van der Waals surface area contributed by atoms with Crippen molar-refractivity contribution in [2.75, 3.05) is 13.2 Å². The SMILES string of the molecule is C=CC(C/C=C/CO)CC/C=C/CO. The summed E-state index contributed by atoms with van der Waals surface area (Å²) in [6, 6.07) is 0. The lowest BCUT2D eigenvalue weighted by Gasteiger charge is -2.07. The second-order valence-electron chi connectivity index (χ2n) is 3.12. The second kappa shape index (κ2) is 10.2. The fourth-order valence-corrected chi connectivity index (χ4v) is 1.18. The molecule has 0 bridgehead atoms. The van der Waals surface area contributed by atoms with Crippen molar-refractivity contribution in [2.24, 2.45) is 5.92 Å². The van der Waals surface area contributed by atoms with Gasteiger partial charge < -0.3 is 10.2 Å². The Bertz CT molecular complexity index is 183. The summed E-state index contributed by atoms with van der Waals surface area (Å²) < 4.78 is 0. The molecule has 80 valence electrons. The van der Waals surface area contributed by atoms with Crippen LogP contribution < -0.4 is 0 Å². The van der Waals surface area contributed by atoms with Crippen molar-refractivity contribution in [1.82, 2.24) is 0 Å². The summed E-state index contributed by atoms with van der Waals surface area (Å²) in [5.74, 6) is 0.459. The zero-order valence-electron chi connectivity index (χ0n) is 8.60. The fraction of sp³-hybridized carbons (Fsp3) is 0.500. The molecule has 2 heteroatoms. The molecule has 0 saturated heterocycles. The molecule has 0 fully saturated rings. The van der Waals surface area contributed by atoms with Gasteiger partial charge in [-0.05, 0) is 25.2 Å². The van der Waals surface area contributed by atoms with E-state index in [1.165, 1.54) is 0 Å². The normalized spacial score (nSPS) is 13.9. The number of aliphatic hydroxyl groups excluding tert-OH is 2. The summed E-state index contributed by atoms with van der Waals surface area (Å²) >= 11 is 0. The zero-order valence-corrected chi connectivity index (χ0v) is 8.60. The smallest absolute Gasteiger partial charge is 0.0612 e. The molecule has 0 radical (unpaired) electrons. The van der Waals surface area contributed by atoms with Crippen LogP contribution in [0, 0.1) is 5.92 Å². The third kappa shape index (κ3) is 7.77. The first-order chi connectivity index (χ1) is 6.85. The first-order valence-corrected chi connectivity index (χ1v) is 4.99. The third-order valence-corrected chi connectivity index (χ3v) is 2.02. The first-order valence-electron chi connectivity index (χ1n) is 4.99. The average Bonchev–Trinajstić information content (AvgIpc) is 2.22. The van der Waals surface area contributed by atoms with E-state index < -0.39 is 0 Å². The molecule has 0 amide bonds. The van der Waals surface area contributed by atoms with Crippen LogP contribution in [0.25, 0.3) is 0 Å². The molecule has 1 atom stereocenters. The summed E-state index contributed by atoms with van der Waals surface area (Å²) in [6.07, 6.45) is 12.3. The monoisotopic (exact) mass is 196 g/mol. The Morgan fingerprint density at radius 2 is 1.64 bits per heavy atom. The number of rotatable bonds is 8. The molecule has 0 aromatic carbocycles. The summed E-state index contributed by atoms with van der Waals surface area (Å²) in [7, 11) is 0. The van der Waals surface area contributed by atoms with Crippen LogP contribution in [-0.4, -0.2) is 23.4 Å². The molecule has 2 nitrogen and oxygen atoms in total. The molecule has 0 aromatic heterocycles. The van der Waals surface area contributed by atoms with Crippen molar-refractivity contribution in [2.45, 2.75) is 19.3 Å². The molecule has 14 heavy (non-hydrogen) atoms. The van der Waals surface area contributed by atoms with Crippen molar-refractivity contribution in [3.05, 3.63) is 37.0 Å². The highest BCUT2D eigenvalue weighted by molar-refractivity contribution is 4.91. The number of aliphatic hydroxyl groups is 2. The molecule has 0 aliphatic rings. The maximum absolute atomic E-state index is 8.55. The van der Waals surface area contributed by atoms with E-state index in [2.05, 4.69) is 6.58 Å². The Balaban J connectivity index is 3.62. The molecular formula is C12H20O2. The van der Waals surface area contributed by atoms with E-state index in [4.69, 9.17) is 10.2 Å². The van der Waals surface area contributed by atoms with Crippen molar-refractivity contribution in [3.8, 4) is 0 Å². The highest BCUT2D eigenvalue weighted by Gasteiger charge is 1.99.